The zero-order valence-electron chi connectivity index (χ0n) is 10.5. The predicted molar refractivity (Wildman–Crippen MR) is 60.5 cm³/mol. The molecule has 0 spiro atoms. The van der Waals surface area contributed by atoms with Crippen LogP contribution in [0.1, 0.15) is 5.56 Å². The Morgan fingerprint density at radius 2 is 1.90 bits per heavy atom. The van der Waals surface area contributed by atoms with E-state index in [-0.39, 0.29) is 21.1 Å². The van der Waals surface area contributed by atoms with Gasteiger partial charge in [0.2, 0.25) is 11.8 Å². The van der Waals surface area contributed by atoms with Gasteiger partial charge in [0.05, 0.1) is 14.2 Å². The van der Waals surface area contributed by atoms with Crippen molar-refractivity contribution in [3.63, 3.8) is 0 Å². The number of nitrogens with zero attached hydrogens (tertiary/aromatic N) is 2. The number of alkyl halides is 3. The minimum atomic E-state index is -4.62. The van der Waals surface area contributed by atoms with E-state index in [2.05, 4.69) is 15.9 Å². The Bertz CT molecular complexity index is 570. The van der Waals surface area contributed by atoms with Crippen molar-refractivity contribution in [1.29, 1.82) is 0 Å². The van der Waals surface area contributed by atoms with Crippen LogP contribution in [0.5, 0.6) is 11.8 Å². The zero-order chi connectivity index (χ0) is 14.0. The van der Waals surface area contributed by atoms with Crippen LogP contribution in [0, 0.1) is 6.07 Å². The Kier molecular flexibility index (Phi) is 5.22. The number of ether oxygens (including phenoxy) is 2. The van der Waals surface area contributed by atoms with E-state index in [1.807, 2.05) is 0 Å². The van der Waals surface area contributed by atoms with E-state index in [1.165, 1.54) is 0 Å². The first-order chi connectivity index (χ1) is 8.99. The third-order valence-electron chi connectivity index (χ3n) is 2.40. The molecule has 0 unspecified atom stereocenters. The summed E-state index contributed by atoms with van der Waals surface area (Å²) < 4.78 is 49.5. The number of para-hydroxylation sites is 1. The fourth-order valence-electron chi connectivity index (χ4n) is 1.64. The van der Waals surface area contributed by atoms with Crippen molar-refractivity contribution in [1.82, 2.24) is 9.78 Å². The van der Waals surface area contributed by atoms with Gasteiger partial charge in [-0.2, -0.15) is 37.4 Å². The predicted octanol–water partition coefficient (Wildman–Crippen LogP) is 2.71. The van der Waals surface area contributed by atoms with E-state index >= 15 is 0 Å². The molecule has 0 N–H and O–H groups in total. The molecule has 1 aromatic heterocycles. The smallest absolute Gasteiger partial charge is 0.426 e. The van der Waals surface area contributed by atoms with E-state index in [4.69, 9.17) is 4.74 Å². The molecule has 0 aliphatic carbocycles. The van der Waals surface area contributed by atoms with Crippen molar-refractivity contribution >= 4 is 0 Å². The second kappa shape index (κ2) is 6.31. The standard InChI is InChI=1S/C12H10F3N2O2.Pt/c1-18-10-9(12(13,14)15)11(19-2)17(16-10)8-6-4-3-5-7-8;/h3-6H,1-2H3;/q-1;. The molecule has 20 heavy (non-hydrogen) atoms. The van der Waals surface area contributed by atoms with Crippen LogP contribution in [0.4, 0.5) is 13.2 Å². The van der Waals surface area contributed by atoms with Crippen molar-refractivity contribution < 1.29 is 43.7 Å². The first kappa shape index (κ1) is 16.6. The molecule has 1 aromatic carbocycles. The van der Waals surface area contributed by atoms with Gasteiger partial charge in [0.25, 0.3) is 0 Å². The van der Waals surface area contributed by atoms with Crippen molar-refractivity contribution in [3.8, 4) is 17.4 Å². The van der Waals surface area contributed by atoms with E-state index in [0.717, 1.165) is 18.9 Å². The molecule has 0 saturated heterocycles. The molecular formula is C12H10F3N2O2Pt-. The summed E-state index contributed by atoms with van der Waals surface area (Å²) in [7, 11) is 2.27. The molecule has 112 valence electrons. The number of hydrogen-bond acceptors (Lipinski definition) is 3. The fourth-order valence-corrected chi connectivity index (χ4v) is 1.64. The summed E-state index contributed by atoms with van der Waals surface area (Å²) in [5, 5.41) is 3.75. The molecule has 0 saturated carbocycles. The van der Waals surface area contributed by atoms with E-state index < -0.39 is 23.5 Å². The average Bonchev–Trinajstić information content (AvgIpc) is 2.78. The molecule has 0 aliphatic rings. The molecule has 0 atom stereocenters. The zero-order valence-corrected chi connectivity index (χ0v) is 12.7. The number of rotatable bonds is 3. The van der Waals surface area contributed by atoms with E-state index in [0.29, 0.717) is 5.69 Å². The SMILES string of the molecule is COc1nn(-c2[c-]cccc2)c(OC)c1C(F)(F)F.[Pt]. The molecule has 0 fully saturated rings. The van der Waals surface area contributed by atoms with Gasteiger partial charge in [-0.3, -0.25) is 0 Å². The van der Waals surface area contributed by atoms with Crippen molar-refractivity contribution in [2.24, 2.45) is 0 Å². The van der Waals surface area contributed by atoms with Gasteiger partial charge in [0, 0.05) is 21.1 Å². The Hall–Kier alpha value is -1.49. The molecule has 1 heterocycles. The normalized spacial score (nSPS) is 10.8. The van der Waals surface area contributed by atoms with Gasteiger partial charge in [-0.1, -0.05) is 0 Å². The third kappa shape index (κ3) is 2.98. The summed E-state index contributed by atoms with van der Waals surface area (Å²) in [6.45, 7) is 0. The number of halogens is 3. The van der Waals surface area contributed by atoms with Crippen LogP contribution in [-0.4, -0.2) is 24.0 Å². The van der Waals surface area contributed by atoms with Gasteiger partial charge in [-0.25, -0.2) is 4.68 Å². The molecular weight excluding hydrogens is 456 g/mol. The van der Waals surface area contributed by atoms with Crippen molar-refractivity contribution in [2.75, 3.05) is 14.2 Å². The van der Waals surface area contributed by atoms with Crippen molar-refractivity contribution in [2.45, 2.75) is 6.18 Å². The summed E-state index contributed by atoms with van der Waals surface area (Å²) in [5.74, 6) is -0.978. The summed E-state index contributed by atoms with van der Waals surface area (Å²) in [6, 6.07) is 9.26. The molecule has 8 heteroatoms. The summed E-state index contributed by atoms with van der Waals surface area (Å²) in [6.07, 6.45) is -4.62. The van der Waals surface area contributed by atoms with Crippen LogP contribution in [0.3, 0.4) is 0 Å². The Morgan fingerprint density at radius 1 is 1.20 bits per heavy atom. The van der Waals surface area contributed by atoms with Crippen LogP contribution >= 0.6 is 0 Å². The maximum Gasteiger partial charge on any atom is 0.426 e. The first-order valence-electron chi connectivity index (χ1n) is 5.24. The Labute approximate surface area is 127 Å². The Balaban J connectivity index is 0.00000200. The molecule has 2 rings (SSSR count). The molecule has 0 bridgehead atoms. The third-order valence-corrected chi connectivity index (χ3v) is 2.40. The largest absolute Gasteiger partial charge is 0.480 e. The van der Waals surface area contributed by atoms with Gasteiger partial charge in [-0.05, 0) is 5.69 Å². The fraction of sp³-hybridized carbons (Fsp3) is 0.250. The van der Waals surface area contributed by atoms with Crippen molar-refractivity contribution in [3.05, 3.63) is 35.9 Å². The Morgan fingerprint density at radius 3 is 2.35 bits per heavy atom. The van der Waals surface area contributed by atoms with E-state index in [1.54, 1.807) is 24.3 Å². The summed E-state index contributed by atoms with van der Waals surface area (Å²) in [4.78, 5) is 0. The molecule has 2 aromatic rings. The molecule has 4 nitrogen and oxygen atoms in total. The maximum atomic E-state index is 13.0. The number of aromatic nitrogens is 2. The number of hydrogen-bond donors (Lipinski definition) is 0. The van der Waals surface area contributed by atoms with Gasteiger partial charge >= 0.3 is 6.18 Å². The quantitative estimate of drug-likeness (QED) is 0.653. The maximum absolute atomic E-state index is 13.0. The summed E-state index contributed by atoms with van der Waals surface area (Å²) >= 11 is 0. The van der Waals surface area contributed by atoms with Gasteiger partial charge in [0.1, 0.15) is 0 Å². The number of benzene rings is 1. The molecule has 0 aliphatic heterocycles. The van der Waals surface area contributed by atoms with Gasteiger partial charge in [-0.15, -0.1) is 11.2 Å². The minimum absolute atomic E-state index is 0. The first-order valence-corrected chi connectivity index (χ1v) is 5.24. The average molecular weight is 466 g/mol. The van der Waals surface area contributed by atoms with Crippen LogP contribution in [0.15, 0.2) is 24.3 Å². The van der Waals surface area contributed by atoms with Gasteiger partial charge < -0.3 is 9.47 Å². The monoisotopic (exact) mass is 466 g/mol. The summed E-state index contributed by atoms with van der Waals surface area (Å²) in [5.41, 5.74) is -0.720. The molecule has 0 amide bonds. The van der Waals surface area contributed by atoms with Crippen LogP contribution in [0.2, 0.25) is 0 Å². The second-order valence-electron chi connectivity index (χ2n) is 3.55. The minimum Gasteiger partial charge on any atom is -0.480 e. The second-order valence-corrected chi connectivity index (χ2v) is 3.55. The molecule has 0 radical (unpaired) electrons. The van der Waals surface area contributed by atoms with Crippen LogP contribution in [-0.2, 0) is 27.2 Å². The van der Waals surface area contributed by atoms with Crippen LogP contribution in [0.25, 0.3) is 5.69 Å². The van der Waals surface area contributed by atoms with Crippen LogP contribution < -0.4 is 9.47 Å². The number of methoxy groups -OCH3 is 2. The van der Waals surface area contributed by atoms with E-state index in [9.17, 15) is 13.2 Å². The van der Waals surface area contributed by atoms with Gasteiger partial charge in [0.15, 0.2) is 5.56 Å². The topological polar surface area (TPSA) is 36.3 Å².